The second kappa shape index (κ2) is 4.30. The molecule has 0 radical (unpaired) electrons. The average molecular weight is 223 g/mol. The molecule has 2 rings (SSSR count). The van der Waals surface area contributed by atoms with Crippen LogP contribution in [0.15, 0.2) is 18.2 Å². The van der Waals surface area contributed by atoms with Crippen molar-refractivity contribution in [1.29, 1.82) is 0 Å². The van der Waals surface area contributed by atoms with Gasteiger partial charge in [0.2, 0.25) is 0 Å². The summed E-state index contributed by atoms with van der Waals surface area (Å²) in [6.45, 7) is 0.447. The summed E-state index contributed by atoms with van der Waals surface area (Å²) >= 11 is 0. The second-order valence-electron chi connectivity index (χ2n) is 3.36. The van der Waals surface area contributed by atoms with Crippen molar-refractivity contribution < 1.29 is 19.0 Å². The third-order valence-corrected chi connectivity index (χ3v) is 2.46. The maximum absolute atomic E-state index is 11.0. The van der Waals surface area contributed by atoms with Crippen LogP contribution in [0.1, 0.15) is 11.7 Å². The number of hydrogen-bond acceptors (Lipinski definition) is 4. The predicted octanol–water partition coefficient (Wildman–Crippen LogP) is 1.48. The van der Waals surface area contributed by atoms with Crippen LogP contribution in [0.2, 0.25) is 0 Å². The fourth-order valence-electron chi connectivity index (χ4n) is 1.73. The van der Waals surface area contributed by atoms with Crippen molar-refractivity contribution in [2.45, 2.75) is 6.10 Å². The minimum absolute atomic E-state index is 0.322. The number of hydrogen-bond donors (Lipinski definition) is 1. The highest BCUT2D eigenvalue weighted by Crippen LogP contribution is 2.36. The molecule has 16 heavy (non-hydrogen) atoms. The van der Waals surface area contributed by atoms with E-state index in [1.165, 1.54) is 0 Å². The first kappa shape index (κ1) is 10.6. The highest BCUT2D eigenvalue weighted by Gasteiger charge is 2.28. The molecule has 5 heteroatoms. The second-order valence-corrected chi connectivity index (χ2v) is 3.36. The Hall–Kier alpha value is -1.91. The van der Waals surface area contributed by atoms with Gasteiger partial charge in [-0.05, 0) is 6.07 Å². The lowest BCUT2D eigenvalue weighted by atomic mass is 10.1. The smallest absolute Gasteiger partial charge is 0.407 e. The standard InChI is InChI=1S/C11H13NO4/c1-14-8-5-3-4-7(10(8)15-2)9-6-12-11(13)16-9/h3-5,9H,6H2,1-2H3,(H,12,13). The van der Waals surface area contributed by atoms with Crippen LogP contribution in [-0.2, 0) is 4.74 Å². The monoisotopic (exact) mass is 223 g/mol. The SMILES string of the molecule is COc1cccc(C2CNC(=O)O2)c1OC. The zero-order valence-electron chi connectivity index (χ0n) is 9.15. The van der Waals surface area contributed by atoms with E-state index in [1.807, 2.05) is 12.1 Å². The summed E-state index contributed by atoms with van der Waals surface area (Å²) in [5.41, 5.74) is 0.806. The topological polar surface area (TPSA) is 56.8 Å². The number of amides is 1. The molecule has 1 fully saturated rings. The quantitative estimate of drug-likeness (QED) is 0.843. The van der Waals surface area contributed by atoms with Gasteiger partial charge in [0.05, 0.1) is 20.8 Å². The number of cyclic esters (lactones) is 1. The molecule has 0 bridgehead atoms. The van der Waals surface area contributed by atoms with E-state index >= 15 is 0 Å². The Morgan fingerprint density at radius 3 is 2.75 bits per heavy atom. The van der Waals surface area contributed by atoms with E-state index < -0.39 is 6.09 Å². The number of alkyl carbamates (subject to hydrolysis) is 1. The third kappa shape index (κ3) is 1.76. The molecule has 1 atom stereocenters. The first-order valence-electron chi connectivity index (χ1n) is 4.91. The van der Waals surface area contributed by atoms with Gasteiger partial charge in [-0.15, -0.1) is 0 Å². The molecule has 1 saturated heterocycles. The predicted molar refractivity (Wildman–Crippen MR) is 56.8 cm³/mol. The first-order chi connectivity index (χ1) is 7.76. The Labute approximate surface area is 93.3 Å². The number of nitrogens with one attached hydrogen (secondary N) is 1. The first-order valence-corrected chi connectivity index (χ1v) is 4.91. The molecule has 1 unspecified atom stereocenters. The fourth-order valence-corrected chi connectivity index (χ4v) is 1.73. The summed E-state index contributed by atoms with van der Waals surface area (Å²) < 4.78 is 15.6. The van der Waals surface area contributed by atoms with E-state index in [1.54, 1.807) is 20.3 Å². The van der Waals surface area contributed by atoms with Crippen molar-refractivity contribution >= 4 is 6.09 Å². The molecule has 1 aliphatic rings. The normalized spacial score (nSPS) is 18.9. The number of carbonyl (C=O) groups excluding carboxylic acids is 1. The van der Waals surface area contributed by atoms with Crippen LogP contribution in [0.25, 0.3) is 0 Å². The molecule has 5 nitrogen and oxygen atoms in total. The number of para-hydroxylation sites is 1. The van der Waals surface area contributed by atoms with Crippen LogP contribution in [0.5, 0.6) is 11.5 Å². The molecule has 0 spiro atoms. The molecule has 1 aromatic rings. The summed E-state index contributed by atoms with van der Waals surface area (Å²) in [7, 11) is 3.13. The van der Waals surface area contributed by atoms with Gasteiger partial charge < -0.3 is 19.5 Å². The molecule has 1 amide bonds. The molecule has 1 heterocycles. The van der Waals surface area contributed by atoms with Crippen molar-refractivity contribution in [3.63, 3.8) is 0 Å². The average Bonchev–Trinajstić information content (AvgIpc) is 2.74. The summed E-state index contributed by atoms with van der Waals surface area (Å²) in [6.07, 6.45) is -0.729. The van der Waals surface area contributed by atoms with Gasteiger partial charge in [0, 0.05) is 5.56 Å². The van der Waals surface area contributed by atoms with Gasteiger partial charge in [0.1, 0.15) is 6.10 Å². The number of rotatable bonds is 3. The van der Waals surface area contributed by atoms with Gasteiger partial charge in [0.25, 0.3) is 0 Å². The van der Waals surface area contributed by atoms with Crippen LogP contribution in [0.4, 0.5) is 4.79 Å². The zero-order valence-corrected chi connectivity index (χ0v) is 9.15. The van der Waals surface area contributed by atoms with E-state index in [0.29, 0.717) is 18.0 Å². The van der Waals surface area contributed by atoms with Gasteiger partial charge >= 0.3 is 6.09 Å². The van der Waals surface area contributed by atoms with Crippen LogP contribution in [-0.4, -0.2) is 26.9 Å². The number of methoxy groups -OCH3 is 2. The maximum Gasteiger partial charge on any atom is 0.407 e. The highest BCUT2D eigenvalue weighted by atomic mass is 16.6. The van der Waals surface area contributed by atoms with Crippen molar-refractivity contribution in [2.24, 2.45) is 0 Å². The largest absolute Gasteiger partial charge is 0.493 e. The van der Waals surface area contributed by atoms with Gasteiger partial charge in [-0.2, -0.15) is 0 Å². The van der Waals surface area contributed by atoms with Crippen LogP contribution in [0.3, 0.4) is 0 Å². The Bertz CT molecular complexity index is 405. The van der Waals surface area contributed by atoms with Gasteiger partial charge in [0.15, 0.2) is 11.5 Å². The third-order valence-electron chi connectivity index (χ3n) is 2.46. The number of ether oxygens (including phenoxy) is 3. The molecule has 0 aromatic heterocycles. The molecule has 1 N–H and O–H groups in total. The molecule has 86 valence electrons. The molecular weight excluding hydrogens is 210 g/mol. The summed E-state index contributed by atoms with van der Waals surface area (Å²) in [5.74, 6) is 1.23. The van der Waals surface area contributed by atoms with Gasteiger partial charge in [-0.1, -0.05) is 12.1 Å². The molecule has 0 aliphatic carbocycles. The minimum atomic E-state index is -0.408. The highest BCUT2D eigenvalue weighted by molar-refractivity contribution is 5.70. The van der Waals surface area contributed by atoms with Crippen molar-refractivity contribution in [3.8, 4) is 11.5 Å². The Balaban J connectivity index is 2.36. The van der Waals surface area contributed by atoms with E-state index in [4.69, 9.17) is 14.2 Å². The van der Waals surface area contributed by atoms with E-state index in [2.05, 4.69) is 5.32 Å². The maximum atomic E-state index is 11.0. The fraction of sp³-hybridized carbons (Fsp3) is 0.364. The van der Waals surface area contributed by atoms with E-state index in [9.17, 15) is 4.79 Å². The van der Waals surface area contributed by atoms with Crippen LogP contribution < -0.4 is 14.8 Å². The van der Waals surface area contributed by atoms with Crippen LogP contribution >= 0.6 is 0 Å². The van der Waals surface area contributed by atoms with Crippen molar-refractivity contribution in [3.05, 3.63) is 23.8 Å². The lowest BCUT2D eigenvalue weighted by Gasteiger charge is -2.15. The van der Waals surface area contributed by atoms with Crippen molar-refractivity contribution in [1.82, 2.24) is 5.32 Å². The van der Waals surface area contributed by atoms with Gasteiger partial charge in [-0.25, -0.2) is 4.79 Å². The van der Waals surface area contributed by atoms with Gasteiger partial charge in [-0.3, -0.25) is 0 Å². The lowest BCUT2D eigenvalue weighted by molar-refractivity contribution is 0.139. The van der Waals surface area contributed by atoms with E-state index in [0.717, 1.165) is 5.56 Å². The molecule has 1 aromatic carbocycles. The van der Waals surface area contributed by atoms with E-state index in [-0.39, 0.29) is 6.10 Å². The Kier molecular flexibility index (Phi) is 2.85. The van der Waals surface area contributed by atoms with Crippen molar-refractivity contribution in [2.75, 3.05) is 20.8 Å². The summed E-state index contributed by atoms with van der Waals surface area (Å²) in [5, 5.41) is 2.60. The summed E-state index contributed by atoms with van der Waals surface area (Å²) in [6, 6.07) is 5.49. The van der Waals surface area contributed by atoms with Crippen LogP contribution in [0, 0.1) is 0 Å². The Morgan fingerprint density at radius 1 is 1.38 bits per heavy atom. The molecular formula is C11H13NO4. The summed E-state index contributed by atoms with van der Waals surface area (Å²) in [4.78, 5) is 11.0. The Morgan fingerprint density at radius 2 is 2.19 bits per heavy atom. The lowest BCUT2D eigenvalue weighted by Crippen LogP contribution is -2.12. The minimum Gasteiger partial charge on any atom is -0.493 e. The number of benzene rings is 1. The number of carbonyl (C=O) groups is 1. The zero-order chi connectivity index (χ0) is 11.5. The molecule has 0 saturated carbocycles. The molecule has 1 aliphatic heterocycles.